The molecule has 0 aliphatic heterocycles. The summed E-state index contributed by atoms with van der Waals surface area (Å²) in [5.41, 5.74) is -9.19. The lowest BCUT2D eigenvalue weighted by atomic mass is 9.13. The monoisotopic (exact) mass is 756 g/mol. The van der Waals surface area contributed by atoms with Gasteiger partial charge in [-0.3, -0.25) is 0 Å². The molecule has 3 rings (SSSR count). The molecule has 0 bridgehead atoms. The van der Waals surface area contributed by atoms with Crippen molar-refractivity contribution in [2.24, 2.45) is 0 Å². The van der Waals surface area contributed by atoms with Crippen LogP contribution in [0.15, 0.2) is 0 Å². The highest BCUT2D eigenvalue weighted by molar-refractivity contribution is 7.80. The van der Waals surface area contributed by atoms with Crippen LogP contribution in [0.3, 0.4) is 0 Å². The topological polar surface area (TPSA) is 0 Å². The lowest BCUT2D eigenvalue weighted by molar-refractivity contribution is 0.379. The normalized spacial score (nSPS) is 14.1. The summed E-state index contributed by atoms with van der Waals surface area (Å²) in [5, 5.41) is -3.06. The minimum atomic E-state index is -5.66. The lowest BCUT2D eigenvalue weighted by Crippen LogP contribution is -2.74. The Morgan fingerprint density at radius 2 is 0.520 bits per heavy atom. The van der Waals surface area contributed by atoms with Crippen LogP contribution in [-0.2, 0) is 0 Å². The van der Waals surface area contributed by atoms with E-state index in [9.17, 15) is 13.2 Å². The van der Waals surface area contributed by atoms with Gasteiger partial charge in [-0.2, -0.15) is 0 Å². The molecular weight excluding hydrogens is 723 g/mol. The third-order valence-corrected chi connectivity index (χ3v) is 17.6. The van der Waals surface area contributed by atoms with Gasteiger partial charge in [-0.1, -0.05) is 0 Å². The molecule has 0 amide bonds. The maximum absolute atomic E-state index is 16.1. The maximum Gasteiger partial charge on any atom is 0.200 e. The summed E-state index contributed by atoms with van der Waals surface area (Å²) in [6.07, 6.45) is -7.31. The van der Waals surface area contributed by atoms with Gasteiger partial charge in [0.2, 0.25) is 0 Å². The number of hydrogen-bond donors (Lipinski definition) is 0. The molecule has 0 aromatic heterocycles. The Balaban J connectivity index is 3.00. The van der Waals surface area contributed by atoms with Crippen LogP contribution in [0, 0.1) is 87.3 Å². The van der Waals surface area contributed by atoms with E-state index in [-0.39, 0.29) is 0 Å². The standard InChI is InChI=1S/C33H33BF15P/c1-12(50(31(2,3)4,32(5,6)7)33(8,9)10)11-34(13-16(35)22(41)28(47)23(42)17(13)36,14-18(37)24(43)29(48)25(44)19(14)38)15-20(39)26(45)30(49)27(46)21(15)40/h12H,11H2,1-10H3/t12-/m1/s1. The van der Waals surface area contributed by atoms with Gasteiger partial charge in [0.1, 0.15) is 41.0 Å². The molecule has 17 heteroatoms. The molecule has 0 heterocycles. The molecule has 0 unspecified atom stereocenters. The van der Waals surface area contributed by atoms with Crippen molar-refractivity contribution in [1.82, 2.24) is 0 Å². The zero-order valence-corrected chi connectivity index (χ0v) is 29.4. The molecule has 0 spiro atoms. The van der Waals surface area contributed by atoms with Crippen LogP contribution in [0.4, 0.5) is 65.9 Å². The highest BCUT2D eigenvalue weighted by Gasteiger charge is 2.67. The Labute approximate surface area is 279 Å². The molecule has 1 atom stereocenters. The van der Waals surface area contributed by atoms with E-state index in [0.717, 1.165) is 0 Å². The highest BCUT2D eigenvalue weighted by Crippen LogP contribution is 2.86. The summed E-state index contributed by atoms with van der Waals surface area (Å²) in [6, 6.07) is 0. The van der Waals surface area contributed by atoms with Gasteiger partial charge in [-0.05, 0) is 69.2 Å². The Hall–Kier alpha value is -2.90. The molecule has 50 heavy (non-hydrogen) atoms. The Bertz CT molecular complexity index is 1580. The molecule has 3 aromatic carbocycles. The molecule has 0 nitrogen and oxygen atoms in total. The van der Waals surface area contributed by atoms with Crippen molar-refractivity contribution in [1.29, 1.82) is 0 Å². The fourth-order valence-corrected chi connectivity index (χ4v) is 20.3. The molecular formula is C33H33BF15P. The van der Waals surface area contributed by atoms with Gasteiger partial charge in [0.25, 0.3) is 0 Å². The predicted molar refractivity (Wildman–Crippen MR) is 164 cm³/mol. The van der Waals surface area contributed by atoms with Crippen molar-refractivity contribution in [2.75, 3.05) is 0 Å². The molecule has 0 aliphatic carbocycles. The quantitative estimate of drug-likeness (QED) is 0.0773. The summed E-state index contributed by atoms with van der Waals surface area (Å²) in [4.78, 5) is 0. The SMILES string of the molecule is C[C@H](C[B-](c1c(F)c(F)c(F)c(F)c1F)(c1c(F)c(F)c(F)c(F)c1F)c1c(F)c(F)c(F)c(F)c1F)[P+](C(C)(C)C)(C(C)(C)C)C(C)(C)C. The van der Waals surface area contributed by atoms with Crippen molar-refractivity contribution in [2.45, 2.75) is 96.7 Å². The maximum atomic E-state index is 16.1. The van der Waals surface area contributed by atoms with Gasteiger partial charge in [-0.15, -0.1) is 22.7 Å². The van der Waals surface area contributed by atoms with Gasteiger partial charge < -0.3 is 0 Å². The average molecular weight is 756 g/mol. The van der Waals surface area contributed by atoms with Gasteiger partial charge in [0.15, 0.2) is 52.4 Å². The molecule has 3 aromatic rings. The molecule has 0 N–H and O–H groups in total. The minimum absolute atomic E-state index is 1.02. The van der Waals surface area contributed by atoms with Crippen LogP contribution in [0.25, 0.3) is 0 Å². The van der Waals surface area contributed by atoms with Gasteiger partial charge in [-0.25, -0.2) is 65.9 Å². The first-order valence-corrected chi connectivity index (χ1v) is 16.9. The molecule has 0 aliphatic rings. The third kappa shape index (κ3) is 5.61. The van der Waals surface area contributed by atoms with Crippen LogP contribution in [0.1, 0.15) is 69.2 Å². The van der Waals surface area contributed by atoms with Crippen molar-refractivity contribution < 1.29 is 65.9 Å². The van der Waals surface area contributed by atoms with E-state index in [1.54, 1.807) is 62.3 Å². The number of hydrogen-bond acceptors (Lipinski definition) is 0. The van der Waals surface area contributed by atoms with E-state index < -0.39 is 145 Å². The first-order chi connectivity index (χ1) is 22.4. The van der Waals surface area contributed by atoms with Crippen molar-refractivity contribution in [3.8, 4) is 0 Å². The summed E-state index contributed by atoms with van der Waals surface area (Å²) in [7, 11) is -3.29. The zero-order chi connectivity index (χ0) is 39.2. The highest BCUT2D eigenvalue weighted by atomic mass is 31.2. The molecule has 0 radical (unpaired) electrons. The Kier molecular flexibility index (Phi) is 10.8. The van der Waals surface area contributed by atoms with E-state index in [1.165, 1.54) is 6.92 Å². The smallest absolute Gasteiger partial charge is 0.200 e. The van der Waals surface area contributed by atoms with Crippen LogP contribution >= 0.6 is 7.26 Å². The summed E-state index contributed by atoms with van der Waals surface area (Å²) in [5.74, 6) is -44.7. The van der Waals surface area contributed by atoms with Crippen LogP contribution < -0.4 is 16.4 Å². The van der Waals surface area contributed by atoms with Crippen LogP contribution in [-0.4, -0.2) is 27.3 Å². The van der Waals surface area contributed by atoms with Crippen molar-refractivity contribution >= 4 is 29.8 Å². The molecule has 0 fully saturated rings. The van der Waals surface area contributed by atoms with Crippen molar-refractivity contribution in [3.05, 3.63) is 87.3 Å². The fourth-order valence-electron chi connectivity index (χ4n) is 9.62. The minimum Gasteiger partial charge on any atom is -0.207 e. The number of benzene rings is 3. The Morgan fingerprint density at radius 1 is 0.360 bits per heavy atom. The second-order valence-electron chi connectivity index (χ2n) is 15.3. The predicted octanol–water partition coefficient (Wildman–Crippen LogP) is 10.0. The van der Waals surface area contributed by atoms with Crippen LogP contribution in [0.5, 0.6) is 0 Å². The first kappa shape index (κ1) is 41.5. The largest absolute Gasteiger partial charge is 0.207 e. The number of rotatable bonds is 6. The van der Waals surface area contributed by atoms with E-state index in [2.05, 4.69) is 0 Å². The van der Waals surface area contributed by atoms with Crippen LogP contribution in [0.2, 0.25) is 6.32 Å². The first-order valence-electron chi connectivity index (χ1n) is 15.0. The molecule has 0 saturated heterocycles. The second-order valence-corrected chi connectivity index (χ2v) is 21.7. The number of halogens is 15. The Morgan fingerprint density at radius 3 is 0.680 bits per heavy atom. The van der Waals surface area contributed by atoms with Gasteiger partial charge in [0.05, 0.1) is 15.5 Å². The molecule has 278 valence electrons. The van der Waals surface area contributed by atoms with E-state index >= 15 is 52.7 Å². The average Bonchev–Trinajstić information content (AvgIpc) is 2.97. The molecule has 0 saturated carbocycles. The van der Waals surface area contributed by atoms with Gasteiger partial charge in [0, 0.05) is 12.9 Å². The van der Waals surface area contributed by atoms with Crippen molar-refractivity contribution in [3.63, 3.8) is 0 Å². The summed E-state index contributed by atoms with van der Waals surface area (Å²) < 4.78 is 230. The summed E-state index contributed by atoms with van der Waals surface area (Å²) >= 11 is 0. The third-order valence-electron chi connectivity index (χ3n) is 9.74. The van der Waals surface area contributed by atoms with E-state index in [1.807, 2.05) is 0 Å². The summed E-state index contributed by atoms with van der Waals surface area (Å²) in [6.45, 7) is 15.9. The van der Waals surface area contributed by atoms with E-state index in [0.29, 0.717) is 0 Å². The van der Waals surface area contributed by atoms with E-state index in [4.69, 9.17) is 0 Å². The zero-order valence-electron chi connectivity index (χ0n) is 28.5. The second kappa shape index (κ2) is 13.0. The fraction of sp³-hybridized carbons (Fsp3) is 0.455. The van der Waals surface area contributed by atoms with Gasteiger partial charge >= 0.3 is 0 Å². The lowest BCUT2D eigenvalue weighted by Gasteiger charge is -2.60.